The zero-order valence-corrected chi connectivity index (χ0v) is 11.7. The number of nitrogens with zero attached hydrogens (tertiary/aromatic N) is 2. The second-order valence-electron chi connectivity index (χ2n) is 4.54. The molecule has 2 aromatic heterocycles. The summed E-state index contributed by atoms with van der Waals surface area (Å²) in [7, 11) is 0. The Labute approximate surface area is 120 Å². The van der Waals surface area contributed by atoms with Gasteiger partial charge < -0.3 is 11.1 Å². The Bertz CT molecular complexity index is 801. The third-order valence-corrected chi connectivity index (χ3v) is 4.15. The highest BCUT2D eigenvalue weighted by Gasteiger charge is 2.09. The molecule has 100 valence electrons. The topological polar surface area (TPSA) is 74.7 Å². The third kappa shape index (κ3) is 2.20. The van der Waals surface area contributed by atoms with E-state index >= 15 is 0 Å². The summed E-state index contributed by atoms with van der Waals surface area (Å²) in [6.45, 7) is 1.46. The van der Waals surface area contributed by atoms with Crippen LogP contribution in [0.5, 0.6) is 0 Å². The first kappa shape index (κ1) is 12.9. The number of thiophene rings is 1. The van der Waals surface area contributed by atoms with Crippen LogP contribution in [0.15, 0.2) is 29.6 Å². The molecular weight excluding hydrogens is 268 g/mol. The lowest BCUT2D eigenvalue weighted by molar-refractivity contribution is 0.872. The van der Waals surface area contributed by atoms with Gasteiger partial charge in [-0.3, -0.25) is 0 Å². The molecule has 0 saturated heterocycles. The summed E-state index contributed by atoms with van der Waals surface area (Å²) in [6, 6.07) is 9.89. The lowest BCUT2D eigenvalue weighted by Crippen LogP contribution is -2.09. The Morgan fingerprint density at radius 1 is 1.30 bits per heavy atom. The van der Waals surface area contributed by atoms with Gasteiger partial charge in [0.25, 0.3) is 0 Å². The first-order valence-electron chi connectivity index (χ1n) is 6.48. The molecule has 5 heteroatoms. The van der Waals surface area contributed by atoms with Gasteiger partial charge in [-0.15, -0.1) is 11.3 Å². The van der Waals surface area contributed by atoms with Crippen LogP contribution in [0.2, 0.25) is 0 Å². The van der Waals surface area contributed by atoms with E-state index in [2.05, 4.69) is 27.8 Å². The third-order valence-electron chi connectivity index (χ3n) is 3.20. The molecule has 0 fully saturated rings. The number of aromatic nitrogens is 1. The van der Waals surface area contributed by atoms with Crippen LogP contribution >= 0.6 is 11.3 Å². The largest absolute Gasteiger partial charge is 0.369 e. The molecule has 0 aliphatic rings. The molecular formula is C15H14N4S. The van der Waals surface area contributed by atoms with Gasteiger partial charge in [0.15, 0.2) is 0 Å². The minimum Gasteiger partial charge on any atom is -0.369 e. The van der Waals surface area contributed by atoms with Crippen LogP contribution in [0.3, 0.4) is 0 Å². The maximum absolute atomic E-state index is 9.01. The zero-order valence-electron chi connectivity index (χ0n) is 10.9. The van der Waals surface area contributed by atoms with E-state index in [-0.39, 0.29) is 0 Å². The number of nitriles is 1. The van der Waals surface area contributed by atoms with Crippen LogP contribution in [-0.4, -0.2) is 18.1 Å². The molecule has 2 heterocycles. The summed E-state index contributed by atoms with van der Waals surface area (Å²) < 4.78 is 1.20. The van der Waals surface area contributed by atoms with Crippen LogP contribution in [-0.2, 0) is 0 Å². The number of rotatable bonds is 4. The standard InChI is InChI=1S/C15H14N4S/c16-5-1-6-18-15-12-4-7-20-14(12)11-3-2-10(9-17)8-13(11)19-15/h2-4,7-8H,1,5-6,16H2,(H,18,19). The highest BCUT2D eigenvalue weighted by molar-refractivity contribution is 7.18. The molecule has 1 aromatic carbocycles. The maximum atomic E-state index is 9.01. The smallest absolute Gasteiger partial charge is 0.135 e. The van der Waals surface area contributed by atoms with Crippen LogP contribution < -0.4 is 11.1 Å². The van der Waals surface area contributed by atoms with E-state index in [4.69, 9.17) is 11.0 Å². The molecule has 0 aliphatic carbocycles. The van der Waals surface area contributed by atoms with Gasteiger partial charge in [-0.05, 0) is 36.5 Å². The Balaban J connectivity index is 2.16. The number of pyridine rings is 1. The number of anilines is 1. The lowest BCUT2D eigenvalue weighted by atomic mass is 10.1. The van der Waals surface area contributed by atoms with Crippen molar-refractivity contribution in [1.29, 1.82) is 5.26 Å². The molecule has 0 spiro atoms. The molecule has 0 unspecified atom stereocenters. The Morgan fingerprint density at radius 3 is 3.00 bits per heavy atom. The average molecular weight is 282 g/mol. The summed E-state index contributed by atoms with van der Waals surface area (Å²) in [6.07, 6.45) is 0.906. The number of nitrogens with two attached hydrogens (primary N) is 1. The lowest BCUT2D eigenvalue weighted by Gasteiger charge is -2.08. The van der Waals surface area contributed by atoms with Crippen LogP contribution in [0.25, 0.3) is 21.0 Å². The molecule has 3 rings (SSSR count). The van der Waals surface area contributed by atoms with E-state index in [1.165, 1.54) is 4.70 Å². The Kier molecular flexibility index (Phi) is 3.50. The molecule has 0 atom stereocenters. The van der Waals surface area contributed by atoms with Crippen molar-refractivity contribution in [2.75, 3.05) is 18.4 Å². The van der Waals surface area contributed by atoms with Crippen molar-refractivity contribution in [3.8, 4) is 6.07 Å². The van der Waals surface area contributed by atoms with Crippen molar-refractivity contribution in [3.63, 3.8) is 0 Å². The van der Waals surface area contributed by atoms with Crippen molar-refractivity contribution in [3.05, 3.63) is 35.2 Å². The number of fused-ring (bicyclic) bond motifs is 3. The van der Waals surface area contributed by atoms with Crippen molar-refractivity contribution < 1.29 is 0 Å². The summed E-state index contributed by atoms with van der Waals surface area (Å²) in [5.74, 6) is 0.872. The van der Waals surface area contributed by atoms with Gasteiger partial charge >= 0.3 is 0 Å². The van der Waals surface area contributed by atoms with E-state index in [1.807, 2.05) is 18.2 Å². The van der Waals surface area contributed by atoms with Gasteiger partial charge in [0, 0.05) is 22.0 Å². The Morgan fingerprint density at radius 2 is 2.20 bits per heavy atom. The molecule has 0 aliphatic heterocycles. The molecule has 0 bridgehead atoms. The SMILES string of the molecule is N#Cc1ccc2c(c1)nc(NCCCN)c1ccsc12. The van der Waals surface area contributed by atoms with Crippen molar-refractivity contribution in [2.24, 2.45) is 5.73 Å². The second-order valence-corrected chi connectivity index (χ2v) is 5.45. The average Bonchev–Trinajstić information content (AvgIpc) is 2.96. The first-order valence-corrected chi connectivity index (χ1v) is 7.36. The van der Waals surface area contributed by atoms with Crippen LogP contribution in [0.4, 0.5) is 5.82 Å². The number of hydrogen-bond donors (Lipinski definition) is 2. The molecule has 0 amide bonds. The van der Waals surface area contributed by atoms with Gasteiger partial charge in [-0.1, -0.05) is 6.07 Å². The van der Waals surface area contributed by atoms with Gasteiger partial charge in [0.1, 0.15) is 5.82 Å². The van der Waals surface area contributed by atoms with Crippen molar-refractivity contribution in [2.45, 2.75) is 6.42 Å². The Hall–Kier alpha value is -2.16. The fraction of sp³-hybridized carbons (Fsp3) is 0.200. The van der Waals surface area contributed by atoms with Gasteiger partial charge in [0.2, 0.25) is 0 Å². The molecule has 3 N–H and O–H groups in total. The monoisotopic (exact) mass is 282 g/mol. The molecule has 3 aromatic rings. The number of hydrogen-bond acceptors (Lipinski definition) is 5. The quantitative estimate of drug-likeness (QED) is 0.721. The van der Waals surface area contributed by atoms with E-state index in [1.54, 1.807) is 11.3 Å². The minimum absolute atomic E-state index is 0.633. The number of nitrogens with one attached hydrogen (secondary N) is 1. The van der Waals surface area contributed by atoms with Gasteiger partial charge in [0.05, 0.1) is 17.1 Å². The highest BCUT2D eigenvalue weighted by Crippen LogP contribution is 2.33. The van der Waals surface area contributed by atoms with E-state index in [0.717, 1.165) is 35.1 Å². The minimum atomic E-state index is 0.633. The van der Waals surface area contributed by atoms with Crippen molar-refractivity contribution >= 4 is 38.1 Å². The first-order chi connectivity index (χ1) is 9.83. The summed E-state index contributed by atoms with van der Waals surface area (Å²) in [5.41, 5.74) is 7.01. The fourth-order valence-electron chi connectivity index (χ4n) is 2.21. The maximum Gasteiger partial charge on any atom is 0.135 e. The summed E-state index contributed by atoms with van der Waals surface area (Å²) >= 11 is 1.70. The van der Waals surface area contributed by atoms with Crippen LogP contribution in [0.1, 0.15) is 12.0 Å². The van der Waals surface area contributed by atoms with Gasteiger partial charge in [-0.2, -0.15) is 5.26 Å². The fourth-order valence-corrected chi connectivity index (χ4v) is 3.15. The van der Waals surface area contributed by atoms with Crippen LogP contribution in [0, 0.1) is 11.3 Å². The predicted octanol–water partition coefficient (Wildman–Crippen LogP) is 3.08. The normalized spacial score (nSPS) is 10.8. The zero-order chi connectivity index (χ0) is 13.9. The summed E-state index contributed by atoms with van der Waals surface area (Å²) in [5, 5.41) is 16.6. The molecule has 0 radical (unpaired) electrons. The van der Waals surface area contributed by atoms with Crippen molar-refractivity contribution in [1.82, 2.24) is 4.98 Å². The van der Waals surface area contributed by atoms with E-state index < -0.39 is 0 Å². The molecule has 4 nitrogen and oxygen atoms in total. The predicted molar refractivity (Wildman–Crippen MR) is 84.0 cm³/mol. The number of benzene rings is 1. The second kappa shape index (κ2) is 5.45. The molecule has 20 heavy (non-hydrogen) atoms. The van der Waals surface area contributed by atoms with E-state index in [9.17, 15) is 0 Å². The molecule has 0 saturated carbocycles. The highest BCUT2D eigenvalue weighted by atomic mass is 32.1. The summed E-state index contributed by atoms with van der Waals surface area (Å²) in [4.78, 5) is 4.66. The van der Waals surface area contributed by atoms with Gasteiger partial charge in [-0.25, -0.2) is 4.98 Å². The van der Waals surface area contributed by atoms with E-state index in [0.29, 0.717) is 12.1 Å².